The largest absolute Gasteiger partial charge is 0.352 e. The maximum absolute atomic E-state index is 13.5. The summed E-state index contributed by atoms with van der Waals surface area (Å²) in [5.41, 5.74) is 1.82. The Hall–Kier alpha value is -3.55. The van der Waals surface area contributed by atoms with Crippen LogP contribution in [0.1, 0.15) is 11.6 Å². The van der Waals surface area contributed by atoms with Gasteiger partial charge in [0, 0.05) is 25.7 Å². The summed E-state index contributed by atoms with van der Waals surface area (Å²) in [7, 11) is 0. The summed E-state index contributed by atoms with van der Waals surface area (Å²) in [5.74, 6) is -0.447. The van der Waals surface area contributed by atoms with Gasteiger partial charge in [0.1, 0.15) is 18.2 Å². The number of carbonyl (C=O) groups is 1. The fraction of sp³-hybridized carbons (Fsp3) is 0.200. The molecular formula is C20H19FN6O. The van der Waals surface area contributed by atoms with Gasteiger partial charge in [0.05, 0.1) is 5.52 Å². The van der Waals surface area contributed by atoms with Crippen molar-refractivity contribution < 1.29 is 9.18 Å². The number of nitrogens with one attached hydrogen (secondary N) is 1. The van der Waals surface area contributed by atoms with Crippen LogP contribution in [0.25, 0.3) is 10.9 Å². The van der Waals surface area contributed by atoms with Gasteiger partial charge in [0.2, 0.25) is 5.91 Å². The van der Waals surface area contributed by atoms with Crippen molar-refractivity contribution in [3.63, 3.8) is 0 Å². The van der Waals surface area contributed by atoms with Crippen molar-refractivity contribution in [1.29, 1.82) is 0 Å². The third kappa shape index (κ3) is 3.90. The molecule has 8 heteroatoms. The molecule has 0 unspecified atom stereocenters. The summed E-state index contributed by atoms with van der Waals surface area (Å²) in [4.78, 5) is 12.8. The van der Waals surface area contributed by atoms with Gasteiger partial charge in [-0.3, -0.25) is 4.79 Å². The zero-order valence-electron chi connectivity index (χ0n) is 15.1. The number of benzene rings is 2. The zero-order valence-corrected chi connectivity index (χ0v) is 15.1. The van der Waals surface area contributed by atoms with Crippen molar-refractivity contribution in [2.75, 3.05) is 6.54 Å². The number of aromatic nitrogens is 5. The van der Waals surface area contributed by atoms with E-state index in [1.807, 2.05) is 47.2 Å². The molecule has 0 aliphatic rings. The summed E-state index contributed by atoms with van der Waals surface area (Å²) in [6.45, 7) is 0.943. The first kappa shape index (κ1) is 17.8. The highest BCUT2D eigenvalue weighted by Crippen LogP contribution is 2.17. The lowest BCUT2D eigenvalue weighted by molar-refractivity contribution is -0.124. The standard InChI is InChI=1S/C20H19FN6O/c21-17-7-6-16-8-10-26(18(16)13-17)11-9-22-20(28)19(27-14-23-24-25-27)12-15-4-2-1-3-5-15/h1-8,10,13-14,19H,9,11-12H2,(H,22,28)/t19-/m1/s1. The number of carbonyl (C=O) groups excluding carboxylic acids is 1. The predicted octanol–water partition coefficient (Wildman–Crippen LogP) is 2.37. The maximum Gasteiger partial charge on any atom is 0.245 e. The molecule has 0 radical (unpaired) electrons. The summed E-state index contributed by atoms with van der Waals surface area (Å²) in [6.07, 6.45) is 3.81. The summed E-state index contributed by atoms with van der Waals surface area (Å²) in [6, 6.07) is 15.8. The van der Waals surface area contributed by atoms with Gasteiger partial charge in [-0.25, -0.2) is 9.07 Å². The molecule has 0 spiro atoms. The third-order valence-corrected chi connectivity index (χ3v) is 4.65. The molecule has 1 N–H and O–H groups in total. The van der Waals surface area contributed by atoms with Crippen molar-refractivity contribution in [2.45, 2.75) is 19.0 Å². The minimum Gasteiger partial charge on any atom is -0.352 e. The Labute approximate surface area is 160 Å². The Morgan fingerprint density at radius 1 is 1.14 bits per heavy atom. The number of hydrogen-bond donors (Lipinski definition) is 1. The average molecular weight is 378 g/mol. The number of rotatable bonds is 7. The number of hydrogen-bond acceptors (Lipinski definition) is 4. The van der Waals surface area contributed by atoms with Gasteiger partial charge in [-0.1, -0.05) is 30.3 Å². The molecule has 7 nitrogen and oxygen atoms in total. The second-order valence-electron chi connectivity index (χ2n) is 6.50. The number of tetrazole rings is 1. The molecule has 0 aliphatic carbocycles. The molecular weight excluding hydrogens is 359 g/mol. The van der Waals surface area contributed by atoms with Crippen molar-refractivity contribution in [3.05, 3.63) is 78.5 Å². The second-order valence-corrected chi connectivity index (χ2v) is 6.50. The van der Waals surface area contributed by atoms with E-state index in [0.717, 1.165) is 16.5 Å². The molecule has 0 fully saturated rings. The van der Waals surface area contributed by atoms with Crippen LogP contribution in [0, 0.1) is 5.82 Å². The number of halogens is 1. The SMILES string of the molecule is O=C(NCCn1ccc2ccc(F)cc21)[C@@H](Cc1ccccc1)n1cnnn1. The number of fused-ring (bicyclic) bond motifs is 1. The molecule has 0 saturated heterocycles. The van der Waals surface area contributed by atoms with E-state index in [4.69, 9.17) is 0 Å². The maximum atomic E-state index is 13.5. The van der Waals surface area contributed by atoms with Crippen LogP contribution < -0.4 is 5.32 Å². The van der Waals surface area contributed by atoms with Crippen molar-refractivity contribution >= 4 is 16.8 Å². The quantitative estimate of drug-likeness (QED) is 0.536. The molecule has 2 aromatic carbocycles. The molecule has 4 rings (SSSR count). The first-order valence-corrected chi connectivity index (χ1v) is 8.99. The molecule has 1 atom stereocenters. The highest BCUT2D eigenvalue weighted by molar-refractivity contribution is 5.81. The van der Waals surface area contributed by atoms with Crippen LogP contribution in [-0.2, 0) is 17.8 Å². The van der Waals surface area contributed by atoms with Crippen LogP contribution >= 0.6 is 0 Å². The smallest absolute Gasteiger partial charge is 0.245 e. The Morgan fingerprint density at radius 3 is 2.79 bits per heavy atom. The first-order chi connectivity index (χ1) is 13.7. The highest BCUT2D eigenvalue weighted by Gasteiger charge is 2.22. The Morgan fingerprint density at radius 2 is 2.00 bits per heavy atom. The first-order valence-electron chi connectivity index (χ1n) is 8.99. The van der Waals surface area contributed by atoms with Gasteiger partial charge in [-0.2, -0.15) is 0 Å². The minimum absolute atomic E-state index is 0.168. The van der Waals surface area contributed by atoms with E-state index in [1.54, 1.807) is 6.07 Å². The fourth-order valence-electron chi connectivity index (χ4n) is 3.22. The van der Waals surface area contributed by atoms with E-state index in [2.05, 4.69) is 20.8 Å². The zero-order chi connectivity index (χ0) is 19.3. The topological polar surface area (TPSA) is 77.6 Å². The third-order valence-electron chi connectivity index (χ3n) is 4.65. The molecule has 1 amide bonds. The van der Waals surface area contributed by atoms with Gasteiger partial charge < -0.3 is 9.88 Å². The molecule has 2 heterocycles. The lowest BCUT2D eigenvalue weighted by Crippen LogP contribution is -2.36. The van der Waals surface area contributed by atoms with E-state index >= 15 is 0 Å². The number of amides is 1. The molecule has 0 bridgehead atoms. The predicted molar refractivity (Wildman–Crippen MR) is 102 cm³/mol. The van der Waals surface area contributed by atoms with Crippen LogP contribution in [0.15, 0.2) is 67.1 Å². The minimum atomic E-state index is -0.545. The van der Waals surface area contributed by atoms with E-state index < -0.39 is 6.04 Å². The Kier molecular flexibility index (Phi) is 5.09. The monoisotopic (exact) mass is 378 g/mol. The molecule has 0 aliphatic heterocycles. The van der Waals surface area contributed by atoms with Crippen molar-refractivity contribution in [1.82, 2.24) is 30.1 Å². The lowest BCUT2D eigenvalue weighted by atomic mass is 10.1. The van der Waals surface area contributed by atoms with Gasteiger partial charge in [-0.15, -0.1) is 5.10 Å². The highest BCUT2D eigenvalue weighted by atomic mass is 19.1. The second kappa shape index (κ2) is 7.99. The fourth-order valence-corrected chi connectivity index (χ4v) is 3.22. The number of nitrogens with zero attached hydrogens (tertiary/aromatic N) is 5. The molecule has 0 saturated carbocycles. The average Bonchev–Trinajstić information content (AvgIpc) is 3.37. The van der Waals surface area contributed by atoms with E-state index in [9.17, 15) is 9.18 Å². The van der Waals surface area contributed by atoms with Gasteiger partial charge >= 0.3 is 0 Å². The summed E-state index contributed by atoms with van der Waals surface area (Å²) >= 11 is 0. The Balaban J connectivity index is 1.43. The molecule has 4 aromatic rings. The van der Waals surface area contributed by atoms with Crippen molar-refractivity contribution in [3.8, 4) is 0 Å². The summed E-state index contributed by atoms with van der Waals surface area (Å²) in [5, 5.41) is 15.1. The van der Waals surface area contributed by atoms with Crippen LogP contribution in [0.2, 0.25) is 0 Å². The van der Waals surface area contributed by atoms with Crippen LogP contribution in [-0.4, -0.2) is 37.2 Å². The normalized spacial score (nSPS) is 12.2. The van der Waals surface area contributed by atoms with Gasteiger partial charge in [0.15, 0.2) is 0 Å². The van der Waals surface area contributed by atoms with Crippen LogP contribution in [0.5, 0.6) is 0 Å². The van der Waals surface area contributed by atoms with Gasteiger partial charge in [0.25, 0.3) is 0 Å². The van der Waals surface area contributed by atoms with E-state index in [-0.39, 0.29) is 11.7 Å². The van der Waals surface area contributed by atoms with Crippen LogP contribution in [0.3, 0.4) is 0 Å². The van der Waals surface area contributed by atoms with E-state index in [0.29, 0.717) is 19.5 Å². The van der Waals surface area contributed by atoms with Crippen molar-refractivity contribution in [2.24, 2.45) is 0 Å². The lowest BCUT2D eigenvalue weighted by Gasteiger charge is -2.16. The summed E-state index contributed by atoms with van der Waals surface area (Å²) < 4.78 is 16.9. The van der Waals surface area contributed by atoms with Gasteiger partial charge in [-0.05, 0) is 45.6 Å². The molecule has 142 valence electrons. The van der Waals surface area contributed by atoms with Crippen LogP contribution in [0.4, 0.5) is 4.39 Å². The van der Waals surface area contributed by atoms with E-state index in [1.165, 1.54) is 23.1 Å². The molecule has 28 heavy (non-hydrogen) atoms. The molecule has 2 aromatic heterocycles. The Bertz CT molecular complexity index is 1060.